The van der Waals surface area contributed by atoms with Gasteiger partial charge < -0.3 is 14.8 Å². The lowest BCUT2D eigenvalue weighted by molar-refractivity contribution is 0.102. The van der Waals surface area contributed by atoms with Gasteiger partial charge in [0.1, 0.15) is 11.5 Å². The molecule has 0 unspecified atom stereocenters. The summed E-state index contributed by atoms with van der Waals surface area (Å²) >= 11 is 0. The Morgan fingerprint density at radius 1 is 0.882 bits per heavy atom. The Morgan fingerprint density at radius 2 is 1.62 bits per heavy atom. The fourth-order valence-corrected chi connectivity index (χ4v) is 3.96. The molecule has 0 bridgehead atoms. The minimum atomic E-state index is -0.231. The average Bonchev–Trinajstić information content (AvgIpc) is 2.83. The number of fused-ring (bicyclic) bond motifs is 1. The van der Waals surface area contributed by atoms with E-state index < -0.39 is 0 Å². The van der Waals surface area contributed by atoms with E-state index in [1.807, 2.05) is 49.4 Å². The molecule has 0 saturated heterocycles. The van der Waals surface area contributed by atoms with Crippen molar-refractivity contribution < 1.29 is 14.3 Å². The summed E-state index contributed by atoms with van der Waals surface area (Å²) < 4.78 is 10.8. The van der Waals surface area contributed by atoms with Crippen LogP contribution >= 0.6 is 0 Å². The van der Waals surface area contributed by atoms with E-state index in [-0.39, 0.29) is 11.3 Å². The molecule has 0 aliphatic carbocycles. The van der Waals surface area contributed by atoms with Crippen LogP contribution in [0.3, 0.4) is 0 Å². The fourth-order valence-electron chi connectivity index (χ4n) is 3.96. The highest BCUT2D eigenvalue weighted by atomic mass is 16.5. The summed E-state index contributed by atoms with van der Waals surface area (Å²) in [7, 11) is 3.24. The van der Waals surface area contributed by atoms with Crippen LogP contribution in [0.25, 0.3) is 21.9 Å². The van der Waals surface area contributed by atoms with E-state index in [2.05, 4.69) is 49.3 Å². The number of amides is 1. The molecule has 34 heavy (non-hydrogen) atoms. The number of anilines is 1. The second-order valence-electron chi connectivity index (χ2n) is 9.40. The van der Waals surface area contributed by atoms with Crippen LogP contribution in [0, 0.1) is 6.92 Å². The van der Waals surface area contributed by atoms with Gasteiger partial charge in [0.05, 0.1) is 31.7 Å². The number of carbonyl (C=O) groups excluding carboxylic acids is 1. The van der Waals surface area contributed by atoms with Crippen LogP contribution < -0.4 is 14.8 Å². The van der Waals surface area contributed by atoms with Crippen molar-refractivity contribution in [2.45, 2.75) is 33.1 Å². The molecule has 0 radical (unpaired) electrons. The number of hydrogen-bond donors (Lipinski definition) is 1. The first-order chi connectivity index (χ1) is 16.2. The standard InChI is InChI=1S/C29H30N2O3/c1-18-25(21-8-7-20-14-24(33-5)11-9-19(20)13-21)16-23(17-30-18)31-28(32)26-15-22(29(2,3)4)10-12-27(26)34-6/h7-17H,1-6H3,(H,31,32). The summed E-state index contributed by atoms with van der Waals surface area (Å²) in [6.45, 7) is 8.32. The molecule has 1 heterocycles. The van der Waals surface area contributed by atoms with Gasteiger partial charge in [0.25, 0.3) is 5.91 Å². The van der Waals surface area contributed by atoms with Gasteiger partial charge in [-0.1, -0.05) is 45.0 Å². The van der Waals surface area contributed by atoms with Crippen molar-refractivity contribution in [1.82, 2.24) is 4.98 Å². The number of nitrogens with one attached hydrogen (secondary N) is 1. The molecule has 5 nitrogen and oxygen atoms in total. The Hall–Kier alpha value is -3.86. The normalized spacial score (nSPS) is 11.4. The summed E-state index contributed by atoms with van der Waals surface area (Å²) in [5.74, 6) is 1.13. The Kier molecular flexibility index (Phi) is 6.29. The number of rotatable bonds is 5. The maximum atomic E-state index is 13.2. The topological polar surface area (TPSA) is 60.5 Å². The second-order valence-corrected chi connectivity index (χ2v) is 9.40. The molecule has 0 spiro atoms. The van der Waals surface area contributed by atoms with Crippen molar-refractivity contribution in [3.05, 3.63) is 83.7 Å². The number of carbonyl (C=O) groups is 1. The molecule has 4 aromatic rings. The van der Waals surface area contributed by atoms with Crippen molar-refractivity contribution in [1.29, 1.82) is 0 Å². The lowest BCUT2D eigenvalue weighted by Crippen LogP contribution is -2.17. The molecule has 0 atom stereocenters. The van der Waals surface area contributed by atoms with E-state index in [9.17, 15) is 4.79 Å². The number of nitrogens with zero attached hydrogens (tertiary/aromatic N) is 1. The van der Waals surface area contributed by atoms with Gasteiger partial charge in [0, 0.05) is 11.3 Å². The summed E-state index contributed by atoms with van der Waals surface area (Å²) in [5, 5.41) is 5.21. The fraction of sp³-hybridized carbons (Fsp3) is 0.241. The Bertz CT molecular complexity index is 1370. The zero-order valence-corrected chi connectivity index (χ0v) is 20.5. The number of benzene rings is 3. The molecule has 1 aromatic heterocycles. The van der Waals surface area contributed by atoms with Gasteiger partial charge in [0.2, 0.25) is 0 Å². The zero-order chi connectivity index (χ0) is 24.5. The number of ether oxygens (including phenoxy) is 2. The largest absolute Gasteiger partial charge is 0.497 e. The van der Waals surface area contributed by atoms with Crippen LogP contribution in [-0.2, 0) is 5.41 Å². The summed E-state index contributed by atoms with van der Waals surface area (Å²) in [4.78, 5) is 17.8. The predicted octanol–water partition coefficient (Wildman–Crippen LogP) is 6.78. The van der Waals surface area contributed by atoms with Crippen LogP contribution in [0.5, 0.6) is 11.5 Å². The minimum absolute atomic E-state index is 0.0833. The van der Waals surface area contributed by atoms with Gasteiger partial charge in [-0.05, 0) is 70.6 Å². The molecule has 174 valence electrons. The molecular weight excluding hydrogens is 424 g/mol. The molecule has 3 aromatic carbocycles. The van der Waals surface area contributed by atoms with Gasteiger partial charge in [-0.3, -0.25) is 9.78 Å². The van der Waals surface area contributed by atoms with Crippen LogP contribution in [0.4, 0.5) is 5.69 Å². The Labute approximate surface area is 200 Å². The third kappa shape index (κ3) is 4.74. The Morgan fingerprint density at radius 3 is 2.32 bits per heavy atom. The van der Waals surface area contributed by atoms with Crippen molar-refractivity contribution in [3.63, 3.8) is 0 Å². The van der Waals surface area contributed by atoms with Gasteiger partial charge in [-0.15, -0.1) is 0 Å². The number of aryl methyl sites for hydroxylation is 1. The first kappa shape index (κ1) is 23.3. The smallest absolute Gasteiger partial charge is 0.259 e. The number of methoxy groups -OCH3 is 2. The van der Waals surface area contributed by atoms with Gasteiger partial charge >= 0.3 is 0 Å². The third-order valence-electron chi connectivity index (χ3n) is 6.01. The predicted molar refractivity (Wildman–Crippen MR) is 138 cm³/mol. The van der Waals surface area contributed by atoms with Gasteiger partial charge in [-0.2, -0.15) is 0 Å². The molecular formula is C29H30N2O3. The molecule has 0 fully saturated rings. The van der Waals surface area contributed by atoms with Gasteiger partial charge in [-0.25, -0.2) is 0 Å². The molecule has 0 saturated carbocycles. The molecule has 1 N–H and O–H groups in total. The molecule has 0 aliphatic rings. The van der Waals surface area contributed by atoms with E-state index >= 15 is 0 Å². The highest BCUT2D eigenvalue weighted by Crippen LogP contribution is 2.31. The summed E-state index contributed by atoms with van der Waals surface area (Å²) in [5.41, 5.74) is 4.99. The van der Waals surface area contributed by atoms with Crippen molar-refractivity contribution in [3.8, 4) is 22.6 Å². The van der Waals surface area contributed by atoms with E-state index in [1.165, 1.54) is 0 Å². The van der Waals surface area contributed by atoms with E-state index in [1.54, 1.807) is 20.4 Å². The van der Waals surface area contributed by atoms with E-state index in [4.69, 9.17) is 9.47 Å². The first-order valence-corrected chi connectivity index (χ1v) is 11.2. The van der Waals surface area contributed by atoms with Crippen LogP contribution in [0.1, 0.15) is 42.4 Å². The first-order valence-electron chi connectivity index (χ1n) is 11.2. The molecule has 5 heteroatoms. The van der Waals surface area contributed by atoms with Crippen molar-refractivity contribution >= 4 is 22.4 Å². The maximum absolute atomic E-state index is 13.2. The summed E-state index contributed by atoms with van der Waals surface area (Å²) in [6, 6.07) is 20.0. The third-order valence-corrected chi connectivity index (χ3v) is 6.01. The Balaban J connectivity index is 1.67. The van der Waals surface area contributed by atoms with E-state index in [0.29, 0.717) is 17.0 Å². The second kappa shape index (κ2) is 9.18. The maximum Gasteiger partial charge on any atom is 0.259 e. The SMILES string of the molecule is COc1ccc2cc(-c3cc(NC(=O)c4cc(C(C)(C)C)ccc4OC)cnc3C)ccc2c1. The molecule has 1 amide bonds. The van der Waals surface area contributed by atoms with Gasteiger partial charge in [0.15, 0.2) is 0 Å². The van der Waals surface area contributed by atoms with E-state index in [0.717, 1.165) is 38.9 Å². The number of hydrogen-bond acceptors (Lipinski definition) is 4. The van der Waals surface area contributed by atoms with Crippen molar-refractivity contribution in [2.75, 3.05) is 19.5 Å². The zero-order valence-electron chi connectivity index (χ0n) is 20.5. The number of aromatic nitrogens is 1. The monoisotopic (exact) mass is 454 g/mol. The average molecular weight is 455 g/mol. The highest BCUT2D eigenvalue weighted by Gasteiger charge is 2.20. The lowest BCUT2D eigenvalue weighted by Gasteiger charge is -2.21. The highest BCUT2D eigenvalue weighted by molar-refractivity contribution is 6.06. The van der Waals surface area contributed by atoms with Crippen LogP contribution in [-0.4, -0.2) is 25.1 Å². The quantitative estimate of drug-likeness (QED) is 0.361. The van der Waals surface area contributed by atoms with Crippen molar-refractivity contribution in [2.24, 2.45) is 0 Å². The summed E-state index contributed by atoms with van der Waals surface area (Å²) in [6.07, 6.45) is 1.68. The lowest BCUT2D eigenvalue weighted by atomic mass is 9.86. The molecule has 4 rings (SSSR count). The minimum Gasteiger partial charge on any atom is -0.497 e. The van der Waals surface area contributed by atoms with Crippen LogP contribution in [0.2, 0.25) is 0 Å². The number of pyridine rings is 1. The molecule has 0 aliphatic heterocycles. The van der Waals surface area contributed by atoms with Crippen LogP contribution in [0.15, 0.2) is 66.9 Å².